The van der Waals surface area contributed by atoms with E-state index in [1.807, 2.05) is 49.1 Å². The maximum atomic E-state index is 12.9. The Hall–Kier alpha value is -3.21. The number of nitrogens with one attached hydrogen (secondary N) is 1. The summed E-state index contributed by atoms with van der Waals surface area (Å²) < 4.78 is 7.37. The summed E-state index contributed by atoms with van der Waals surface area (Å²) in [6.07, 6.45) is 2.06. The summed E-state index contributed by atoms with van der Waals surface area (Å²) in [4.78, 5) is 14.8. The highest BCUT2D eigenvalue weighted by Crippen LogP contribution is 2.18. The summed E-state index contributed by atoms with van der Waals surface area (Å²) in [7, 11) is 1.62. The van der Waals surface area contributed by atoms with Crippen LogP contribution in [0.1, 0.15) is 30.7 Å². The molecule has 0 aliphatic rings. The summed E-state index contributed by atoms with van der Waals surface area (Å²) in [6, 6.07) is 20.0. The zero-order valence-corrected chi connectivity index (χ0v) is 17.6. The number of benzene rings is 2. The monoisotopic (exact) mass is 391 g/mol. The molecule has 0 atom stereocenters. The summed E-state index contributed by atoms with van der Waals surface area (Å²) >= 11 is 0. The number of ether oxygens (including phenoxy) is 1. The molecule has 2 aromatic carbocycles. The number of rotatable bonds is 7. The normalized spacial score (nSPS) is 10.8. The first-order valence-corrected chi connectivity index (χ1v) is 9.87. The number of methoxy groups -OCH3 is 1. The number of urea groups is 1. The van der Waals surface area contributed by atoms with Crippen molar-refractivity contribution in [3.63, 3.8) is 0 Å². The SMILES string of the molecule is COc1ccc(NC(=O)N(Cc2cccn2Cc2ccc(C)cc2)C(C)C)cc1. The number of nitrogens with zero attached hydrogens (tertiary/aromatic N) is 2. The predicted molar refractivity (Wildman–Crippen MR) is 117 cm³/mol. The number of aromatic nitrogens is 1. The van der Waals surface area contributed by atoms with Gasteiger partial charge in [-0.1, -0.05) is 29.8 Å². The van der Waals surface area contributed by atoms with Crippen molar-refractivity contribution in [2.75, 3.05) is 12.4 Å². The lowest BCUT2D eigenvalue weighted by Crippen LogP contribution is -2.40. The second-order valence-corrected chi connectivity index (χ2v) is 7.49. The molecule has 5 nitrogen and oxygen atoms in total. The first kappa shape index (κ1) is 20.5. The van der Waals surface area contributed by atoms with Crippen LogP contribution in [0.4, 0.5) is 10.5 Å². The van der Waals surface area contributed by atoms with Gasteiger partial charge in [0.1, 0.15) is 5.75 Å². The van der Waals surface area contributed by atoms with Gasteiger partial charge in [-0.2, -0.15) is 0 Å². The molecule has 0 unspecified atom stereocenters. The van der Waals surface area contributed by atoms with Crippen LogP contribution in [0.3, 0.4) is 0 Å². The van der Waals surface area contributed by atoms with E-state index in [0.717, 1.165) is 23.7 Å². The van der Waals surface area contributed by atoms with Crippen LogP contribution >= 0.6 is 0 Å². The van der Waals surface area contributed by atoms with Crippen molar-refractivity contribution in [2.45, 2.75) is 39.9 Å². The quantitative estimate of drug-likeness (QED) is 0.594. The standard InChI is InChI=1S/C24H29N3O2/c1-18(2)27(24(28)25-21-11-13-23(29-4)14-12-21)17-22-6-5-15-26(22)16-20-9-7-19(3)8-10-20/h5-15,18H,16-17H2,1-4H3,(H,25,28). The number of amides is 2. The molecule has 1 N–H and O–H groups in total. The topological polar surface area (TPSA) is 46.5 Å². The van der Waals surface area contributed by atoms with Crippen molar-refractivity contribution in [3.8, 4) is 5.75 Å². The number of carbonyl (C=O) groups is 1. The van der Waals surface area contributed by atoms with E-state index in [9.17, 15) is 4.79 Å². The summed E-state index contributed by atoms with van der Waals surface area (Å²) in [5, 5.41) is 2.98. The average molecular weight is 392 g/mol. The molecule has 29 heavy (non-hydrogen) atoms. The molecule has 0 spiro atoms. The molecule has 3 aromatic rings. The maximum absolute atomic E-state index is 12.9. The van der Waals surface area contributed by atoms with Gasteiger partial charge in [-0.3, -0.25) is 0 Å². The van der Waals surface area contributed by atoms with Crippen LogP contribution in [0.2, 0.25) is 0 Å². The molecule has 152 valence electrons. The van der Waals surface area contributed by atoms with Crippen molar-refractivity contribution in [3.05, 3.63) is 83.7 Å². The van der Waals surface area contributed by atoms with Crippen LogP contribution in [-0.2, 0) is 13.1 Å². The van der Waals surface area contributed by atoms with Gasteiger partial charge in [-0.25, -0.2) is 4.79 Å². The van der Waals surface area contributed by atoms with Gasteiger partial charge in [0.25, 0.3) is 0 Å². The van der Waals surface area contributed by atoms with E-state index in [2.05, 4.69) is 53.3 Å². The Morgan fingerprint density at radius 3 is 2.38 bits per heavy atom. The van der Waals surface area contributed by atoms with Gasteiger partial charge in [0, 0.05) is 30.2 Å². The van der Waals surface area contributed by atoms with Crippen LogP contribution in [0.15, 0.2) is 66.9 Å². The molecule has 0 fully saturated rings. The van der Waals surface area contributed by atoms with Crippen molar-refractivity contribution in [1.82, 2.24) is 9.47 Å². The van der Waals surface area contributed by atoms with Crippen molar-refractivity contribution in [2.24, 2.45) is 0 Å². The lowest BCUT2D eigenvalue weighted by molar-refractivity contribution is 0.192. The Kier molecular flexibility index (Phi) is 6.60. The second kappa shape index (κ2) is 9.32. The minimum Gasteiger partial charge on any atom is -0.497 e. The third-order valence-corrected chi connectivity index (χ3v) is 4.95. The first-order chi connectivity index (χ1) is 14.0. The Morgan fingerprint density at radius 1 is 1.07 bits per heavy atom. The number of hydrogen-bond donors (Lipinski definition) is 1. The van der Waals surface area contributed by atoms with Crippen LogP contribution in [-0.4, -0.2) is 28.6 Å². The molecule has 3 rings (SSSR count). The number of aryl methyl sites for hydroxylation is 1. The second-order valence-electron chi connectivity index (χ2n) is 7.49. The average Bonchev–Trinajstić information content (AvgIpc) is 3.14. The summed E-state index contributed by atoms with van der Waals surface area (Å²) in [5.74, 6) is 0.762. The minimum absolute atomic E-state index is 0.0657. The van der Waals surface area contributed by atoms with Gasteiger partial charge in [0.05, 0.1) is 13.7 Å². The van der Waals surface area contributed by atoms with Crippen molar-refractivity contribution in [1.29, 1.82) is 0 Å². The fraction of sp³-hybridized carbons (Fsp3) is 0.292. The fourth-order valence-electron chi connectivity index (χ4n) is 3.17. The predicted octanol–water partition coefficient (Wildman–Crippen LogP) is 5.30. The highest BCUT2D eigenvalue weighted by molar-refractivity contribution is 5.89. The molecular formula is C24H29N3O2. The van der Waals surface area contributed by atoms with E-state index in [-0.39, 0.29) is 12.1 Å². The largest absolute Gasteiger partial charge is 0.497 e. The van der Waals surface area contributed by atoms with Gasteiger partial charge in [-0.05, 0) is 62.7 Å². The molecule has 0 radical (unpaired) electrons. The Balaban J connectivity index is 1.71. The van der Waals surface area contributed by atoms with Gasteiger partial charge < -0.3 is 19.5 Å². The molecular weight excluding hydrogens is 362 g/mol. The Labute approximate surface area is 172 Å². The highest BCUT2D eigenvalue weighted by atomic mass is 16.5. The van der Waals surface area contributed by atoms with Gasteiger partial charge in [-0.15, -0.1) is 0 Å². The van der Waals surface area contributed by atoms with E-state index >= 15 is 0 Å². The van der Waals surface area contributed by atoms with Crippen LogP contribution in [0.5, 0.6) is 5.75 Å². The molecule has 2 amide bonds. The molecule has 0 aliphatic carbocycles. The van der Waals surface area contributed by atoms with Crippen molar-refractivity contribution < 1.29 is 9.53 Å². The molecule has 0 saturated carbocycles. The molecule has 5 heteroatoms. The first-order valence-electron chi connectivity index (χ1n) is 9.87. The minimum atomic E-state index is -0.117. The lowest BCUT2D eigenvalue weighted by Gasteiger charge is -2.27. The van der Waals surface area contributed by atoms with Crippen LogP contribution < -0.4 is 10.1 Å². The van der Waals surface area contributed by atoms with E-state index in [4.69, 9.17) is 4.74 Å². The molecule has 0 aliphatic heterocycles. The van der Waals surface area contributed by atoms with Gasteiger partial charge in [0.2, 0.25) is 0 Å². The zero-order chi connectivity index (χ0) is 20.8. The molecule has 0 saturated heterocycles. The molecule has 1 heterocycles. The van der Waals surface area contributed by atoms with Crippen molar-refractivity contribution >= 4 is 11.7 Å². The number of hydrogen-bond acceptors (Lipinski definition) is 2. The highest BCUT2D eigenvalue weighted by Gasteiger charge is 2.19. The zero-order valence-electron chi connectivity index (χ0n) is 17.6. The lowest BCUT2D eigenvalue weighted by atomic mass is 10.1. The third-order valence-electron chi connectivity index (χ3n) is 4.95. The van der Waals surface area contributed by atoms with E-state index in [1.165, 1.54) is 11.1 Å². The Morgan fingerprint density at radius 2 is 1.76 bits per heavy atom. The molecule has 0 bridgehead atoms. The van der Waals surface area contributed by atoms with Gasteiger partial charge in [0.15, 0.2) is 0 Å². The van der Waals surface area contributed by atoms with Crippen LogP contribution in [0.25, 0.3) is 0 Å². The smallest absolute Gasteiger partial charge is 0.322 e. The number of anilines is 1. The summed E-state index contributed by atoms with van der Waals surface area (Å²) in [5.41, 5.74) is 4.34. The third kappa shape index (κ3) is 5.41. The number of carbonyl (C=O) groups excluding carboxylic acids is 1. The summed E-state index contributed by atoms with van der Waals surface area (Å²) in [6.45, 7) is 7.47. The van der Waals surface area contributed by atoms with E-state index in [1.54, 1.807) is 7.11 Å². The fourth-order valence-corrected chi connectivity index (χ4v) is 3.17. The Bertz CT molecular complexity index is 928. The maximum Gasteiger partial charge on any atom is 0.322 e. The van der Waals surface area contributed by atoms with Crippen LogP contribution in [0, 0.1) is 6.92 Å². The van der Waals surface area contributed by atoms with E-state index < -0.39 is 0 Å². The van der Waals surface area contributed by atoms with Gasteiger partial charge >= 0.3 is 6.03 Å². The van der Waals surface area contributed by atoms with E-state index in [0.29, 0.717) is 6.54 Å². The molecule has 1 aromatic heterocycles.